The summed E-state index contributed by atoms with van der Waals surface area (Å²) in [6.45, 7) is 2.65. The van der Waals surface area contributed by atoms with Crippen LogP contribution in [0.5, 0.6) is 0 Å². The molecule has 0 aliphatic rings. The van der Waals surface area contributed by atoms with Gasteiger partial charge in [0, 0.05) is 25.8 Å². The minimum Gasteiger partial charge on any atom is -0.467 e. The van der Waals surface area contributed by atoms with E-state index in [1.54, 1.807) is 43.2 Å². The first kappa shape index (κ1) is 19.2. The summed E-state index contributed by atoms with van der Waals surface area (Å²) in [5.41, 5.74) is 1.02. The maximum Gasteiger partial charge on any atom is 0.276 e. The number of carbonyl (C=O) groups is 1. The molecule has 0 radical (unpaired) electrons. The minimum absolute atomic E-state index is 0.0696. The summed E-state index contributed by atoms with van der Waals surface area (Å²) in [4.78, 5) is 25.1. The quantitative estimate of drug-likeness (QED) is 0.431. The lowest BCUT2D eigenvalue weighted by atomic mass is 10.2. The smallest absolute Gasteiger partial charge is 0.276 e. The van der Waals surface area contributed by atoms with Gasteiger partial charge < -0.3 is 14.1 Å². The van der Waals surface area contributed by atoms with E-state index in [9.17, 15) is 14.9 Å². The average Bonchev–Trinajstić information content (AvgIpc) is 3.34. The van der Waals surface area contributed by atoms with Gasteiger partial charge in [0.2, 0.25) is 0 Å². The first-order valence-corrected chi connectivity index (χ1v) is 8.49. The van der Waals surface area contributed by atoms with E-state index in [-0.39, 0.29) is 23.8 Å². The molecule has 146 valence electrons. The molecule has 0 fully saturated rings. The first-order chi connectivity index (χ1) is 13.5. The number of hydrogen-bond donors (Lipinski definition) is 0. The zero-order valence-corrected chi connectivity index (χ0v) is 15.4. The molecule has 10 nitrogen and oxygen atoms in total. The van der Waals surface area contributed by atoms with Crippen molar-refractivity contribution in [2.24, 2.45) is 0 Å². The fourth-order valence-corrected chi connectivity index (χ4v) is 2.70. The lowest BCUT2D eigenvalue weighted by Crippen LogP contribution is -2.34. The summed E-state index contributed by atoms with van der Waals surface area (Å²) in [7, 11) is 1.55. The van der Waals surface area contributed by atoms with E-state index in [1.807, 2.05) is 0 Å². The van der Waals surface area contributed by atoms with E-state index in [0.29, 0.717) is 30.3 Å². The molecule has 3 rings (SSSR count). The van der Waals surface area contributed by atoms with Crippen molar-refractivity contribution in [1.82, 2.24) is 19.9 Å². The van der Waals surface area contributed by atoms with Crippen molar-refractivity contribution >= 4 is 11.6 Å². The number of methoxy groups -OCH3 is 1. The third-order valence-electron chi connectivity index (χ3n) is 4.16. The summed E-state index contributed by atoms with van der Waals surface area (Å²) in [5, 5.41) is 19.0. The Labute approximate surface area is 160 Å². The molecule has 0 atom stereocenters. The minimum atomic E-state index is -0.488. The topological polar surface area (TPSA) is 117 Å². The van der Waals surface area contributed by atoms with Gasteiger partial charge in [0.25, 0.3) is 11.6 Å². The van der Waals surface area contributed by atoms with Gasteiger partial charge in [0.15, 0.2) is 5.69 Å². The van der Waals surface area contributed by atoms with E-state index in [4.69, 9.17) is 9.15 Å². The van der Waals surface area contributed by atoms with E-state index in [1.165, 1.54) is 23.1 Å². The maximum absolute atomic E-state index is 13.0. The van der Waals surface area contributed by atoms with Crippen molar-refractivity contribution in [2.75, 3.05) is 20.3 Å². The average molecular weight is 385 g/mol. The summed E-state index contributed by atoms with van der Waals surface area (Å²) >= 11 is 0. The lowest BCUT2D eigenvalue weighted by molar-refractivity contribution is -0.384. The standard InChI is InChI=1S/C18H19N5O5/c1-13-17(18(24)21(8-10-27-2)12-16-7-4-9-28-16)19-20-22(13)14-5-3-6-15(11-14)23(25)26/h3-7,9,11H,8,10,12H2,1-2H3. The van der Waals surface area contributed by atoms with Crippen LogP contribution in [0.25, 0.3) is 5.69 Å². The third kappa shape index (κ3) is 4.07. The van der Waals surface area contributed by atoms with Gasteiger partial charge in [0.05, 0.1) is 35.7 Å². The Hall–Kier alpha value is -3.53. The van der Waals surface area contributed by atoms with Crippen LogP contribution >= 0.6 is 0 Å². The number of rotatable bonds is 8. The number of nitrogens with zero attached hydrogens (tertiary/aromatic N) is 5. The van der Waals surface area contributed by atoms with Gasteiger partial charge in [-0.15, -0.1) is 5.10 Å². The van der Waals surface area contributed by atoms with Crippen LogP contribution < -0.4 is 0 Å². The fraction of sp³-hybridized carbons (Fsp3) is 0.278. The largest absolute Gasteiger partial charge is 0.467 e. The van der Waals surface area contributed by atoms with Crippen molar-refractivity contribution in [3.05, 3.63) is 69.9 Å². The molecule has 28 heavy (non-hydrogen) atoms. The van der Waals surface area contributed by atoms with E-state index in [2.05, 4.69) is 10.3 Å². The van der Waals surface area contributed by atoms with Crippen molar-refractivity contribution in [3.8, 4) is 5.69 Å². The Morgan fingerprint density at radius 1 is 1.36 bits per heavy atom. The lowest BCUT2D eigenvalue weighted by Gasteiger charge is -2.20. The predicted molar refractivity (Wildman–Crippen MR) is 98.1 cm³/mol. The van der Waals surface area contributed by atoms with Crippen LogP contribution in [0.15, 0.2) is 47.1 Å². The summed E-state index contributed by atoms with van der Waals surface area (Å²) in [6.07, 6.45) is 1.54. The summed E-state index contributed by atoms with van der Waals surface area (Å²) in [5.74, 6) is 0.302. The second kappa shape index (κ2) is 8.44. The van der Waals surface area contributed by atoms with Gasteiger partial charge in [-0.25, -0.2) is 4.68 Å². The molecule has 3 aromatic rings. The molecule has 2 heterocycles. The number of amides is 1. The number of ether oxygens (including phenoxy) is 1. The molecule has 0 saturated carbocycles. The van der Waals surface area contributed by atoms with Gasteiger partial charge in [-0.2, -0.15) is 0 Å². The fourth-order valence-electron chi connectivity index (χ4n) is 2.70. The molecule has 0 spiro atoms. The van der Waals surface area contributed by atoms with Gasteiger partial charge in [-0.3, -0.25) is 14.9 Å². The van der Waals surface area contributed by atoms with Crippen LogP contribution in [0.3, 0.4) is 0 Å². The molecule has 10 heteroatoms. The normalized spacial score (nSPS) is 10.8. The number of benzene rings is 1. The van der Waals surface area contributed by atoms with Crippen LogP contribution in [0.2, 0.25) is 0 Å². The van der Waals surface area contributed by atoms with Gasteiger partial charge in [-0.05, 0) is 25.1 Å². The molecule has 0 saturated heterocycles. The second-order valence-electron chi connectivity index (χ2n) is 6.01. The number of nitro groups is 1. The number of furan rings is 1. The van der Waals surface area contributed by atoms with Gasteiger partial charge in [0.1, 0.15) is 5.76 Å². The highest BCUT2D eigenvalue weighted by molar-refractivity contribution is 5.93. The zero-order valence-electron chi connectivity index (χ0n) is 15.4. The van der Waals surface area contributed by atoms with Crippen LogP contribution in [0, 0.1) is 17.0 Å². The molecule has 0 aliphatic heterocycles. The summed E-state index contributed by atoms with van der Waals surface area (Å²) < 4.78 is 11.8. The molecule has 0 aliphatic carbocycles. The van der Waals surface area contributed by atoms with Crippen molar-refractivity contribution in [2.45, 2.75) is 13.5 Å². The highest BCUT2D eigenvalue weighted by Gasteiger charge is 2.24. The molecule has 0 unspecified atom stereocenters. The monoisotopic (exact) mass is 385 g/mol. The highest BCUT2D eigenvalue weighted by Crippen LogP contribution is 2.19. The third-order valence-corrected chi connectivity index (χ3v) is 4.16. The predicted octanol–water partition coefficient (Wildman–Crippen LogP) is 2.37. The Kier molecular flexibility index (Phi) is 5.80. The van der Waals surface area contributed by atoms with Gasteiger partial charge >= 0.3 is 0 Å². The number of carbonyl (C=O) groups excluding carboxylic acids is 1. The van der Waals surface area contributed by atoms with E-state index in [0.717, 1.165) is 0 Å². The zero-order chi connectivity index (χ0) is 20.1. The first-order valence-electron chi connectivity index (χ1n) is 8.49. The van der Waals surface area contributed by atoms with Crippen molar-refractivity contribution in [1.29, 1.82) is 0 Å². The molecule has 2 aromatic heterocycles. The Morgan fingerprint density at radius 2 is 2.18 bits per heavy atom. The van der Waals surface area contributed by atoms with Crippen LogP contribution in [0.4, 0.5) is 5.69 Å². The van der Waals surface area contributed by atoms with Crippen LogP contribution in [0.1, 0.15) is 21.9 Å². The Bertz CT molecular complexity index is 967. The van der Waals surface area contributed by atoms with Gasteiger partial charge in [-0.1, -0.05) is 11.3 Å². The summed E-state index contributed by atoms with van der Waals surface area (Å²) in [6, 6.07) is 9.50. The number of nitro benzene ring substituents is 1. The molecule has 1 aromatic carbocycles. The Morgan fingerprint density at radius 3 is 2.86 bits per heavy atom. The van der Waals surface area contributed by atoms with Crippen LogP contribution in [-0.2, 0) is 11.3 Å². The van der Waals surface area contributed by atoms with E-state index < -0.39 is 4.92 Å². The molecular weight excluding hydrogens is 366 g/mol. The molecule has 0 N–H and O–H groups in total. The number of non-ortho nitro benzene ring substituents is 1. The molecular formula is C18H19N5O5. The number of hydrogen-bond acceptors (Lipinski definition) is 7. The maximum atomic E-state index is 13.0. The van der Waals surface area contributed by atoms with E-state index >= 15 is 0 Å². The van der Waals surface area contributed by atoms with Crippen LogP contribution in [-0.4, -0.2) is 51.0 Å². The SMILES string of the molecule is COCCN(Cc1ccco1)C(=O)c1nnn(-c2cccc([N+](=O)[O-])c2)c1C. The number of aromatic nitrogens is 3. The molecule has 1 amide bonds. The molecule has 0 bridgehead atoms. The van der Waals surface area contributed by atoms with Crippen molar-refractivity contribution in [3.63, 3.8) is 0 Å². The van der Waals surface area contributed by atoms with Crippen molar-refractivity contribution < 1.29 is 18.9 Å². The second-order valence-corrected chi connectivity index (χ2v) is 6.01. The highest BCUT2D eigenvalue weighted by atomic mass is 16.6. The Balaban J connectivity index is 1.89.